The van der Waals surface area contributed by atoms with Gasteiger partial charge in [-0.25, -0.2) is 0 Å². The molecule has 0 aliphatic rings. The molecule has 30 valence electrons. The summed E-state index contributed by atoms with van der Waals surface area (Å²) in [5.74, 6) is 0.00463. The molecule has 0 unspecified atom stereocenters. The smallest absolute Gasteiger partial charge is 0.339 e. The Morgan fingerprint density at radius 1 is 1.83 bits per heavy atom. The molecule has 0 rings (SSSR count). The van der Waals surface area contributed by atoms with Crippen LogP contribution in [0.3, 0.4) is 0 Å². The fourth-order valence-electron chi connectivity index (χ4n) is 0. The Kier molecular flexibility index (Phi) is 10.5. The van der Waals surface area contributed by atoms with E-state index in [4.69, 9.17) is 0 Å². The zero-order valence-corrected chi connectivity index (χ0v) is 7.45. The van der Waals surface area contributed by atoms with Crippen LogP contribution in [0.15, 0.2) is 0 Å². The summed E-state index contributed by atoms with van der Waals surface area (Å²) < 4.78 is 0. The molecule has 0 radical (unpaired) electrons. The van der Waals surface area contributed by atoms with Crippen LogP contribution >= 0.6 is 0 Å². The van der Waals surface area contributed by atoms with Gasteiger partial charge in [-0.2, -0.15) is 0 Å². The molecular formula is C4H7KO. The van der Waals surface area contributed by atoms with Gasteiger partial charge in [0.1, 0.15) is 0 Å². The molecule has 0 atom stereocenters. The van der Waals surface area contributed by atoms with Crippen molar-refractivity contribution in [3.8, 4) is 0 Å². The van der Waals surface area contributed by atoms with Crippen molar-refractivity contribution in [3.63, 3.8) is 0 Å². The summed E-state index contributed by atoms with van der Waals surface area (Å²) in [6, 6.07) is 0. The number of hydrogen-bond donors (Lipinski definition) is 0. The van der Waals surface area contributed by atoms with Crippen LogP contribution in [0.2, 0.25) is 0 Å². The third-order valence-corrected chi connectivity index (χ3v) is 0.394. The number of carbonyl (C=O) groups excluding carboxylic acids is 1. The summed E-state index contributed by atoms with van der Waals surface area (Å²) in [5.41, 5.74) is 0. The van der Waals surface area contributed by atoms with Gasteiger partial charge in [0.15, 0.2) is 0 Å². The van der Waals surface area contributed by atoms with Gasteiger partial charge in [0.05, 0.1) is 0 Å². The van der Waals surface area contributed by atoms with Crippen molar-refractivity contribution in [1.82, 2.24) is 0 Å². The predicted octanol–water partition coefficient (Wildman–Crippen LogP) is -2.20. The summed E-state index contributed by atoms with van der Waals surface area (Å²) in [5, 5.41) is 0. The molecule has 0 bridgehead atoms. The van der Waals surface area contributed by atoms with Gasteiger partial charge >= 0.3 is 51.4 Å². The number of Topliss-reactive ketones (excluding diaryl/α,β-unsaturated/α-hetero) is 1. The second kappa shape index (κ2) is 6.18. The van der Waals surface area contributed by atoms with Gasteiger partial charge in [-0.15, -0.1) is 0 Å². The standard InChI is InChI=1S/C4H7O.K/c1-3-4(2)5;/h2-3H2,1H3;/q-1;+1. The molecule has 6 heavy (non-hydrogen) atoms. The molecule has 0 fully saturated rings. The van der Waals surface area contributed by atoms with Crippen molar-refractivity contribution in [2.45, 2.75) is 13.3 Å². The van der Waals surface area contributed by atoms with Crippen molar-refractivity contribution < 1.29 is 56.2 Å². The summed E-state index contributed by atoms with van der Waals surface area (Å²) in [6.45, 7) is 4.91. The van der Waals surface area contributed by atoms with Crippen LogP contribution in [-0.4, -0.2) is 5.78 Å². The van der Waals surface area contributed by atoms with Crippen LogP contribution < -0.4 is 51.4 Å². The van der Waals surface area contributed by atoms with E-state index in [0.717, 1.165) is 0 Å². The van der Waals surface area contributed by atoms with Gasteiger partial charge < -0.3 is 11.7 Å². The van der Waals surface area contributed by atoms with Crippen molar-refractivity contribution in [3.05, 3.63) is 6.92 Å². The molecule has 0 aliphatic carbocycles. The molecule has 0 aromatic carbocycles. The quantitative estimate of drug-likeness (QED) is 0.277. The molecule has 0 aromatic rings. The molecular weight excluding hydrogens is 103 g/mol. The Morgan fingerprint density at radius 2 is 2.00 bits per heavy atom. The van der Waals surface area contributed by atoms with E-state index in [0.29, 0.717) is 6.42 Å². The average molecular weight is 110 g/mol. The van der Waals surface area contributed by atoms with E-state index in [1.54, 1.807) is 6.92 Å². The van der Waals surface area contributed by atoms with Crippen LogP contribution in [0.5, 0.6) is 0 Å². The monoisotopic (exact) mass is 110 g/mol. The normalized spacial score (nSPS) is 6.17. The molecule has 1 nitrogen and oxygen atoms in total. The predicted molar refractivity (Wildman–Crippen MR) is 20.7 cm³/mol. The zero-order chi connectivity index (χ0) is 4.28. The van der Waals surface area contributed by atoms with Gasteiger partial charge in [-0.3, -0.25) is 0 Å². The van der Waals surface area contributed by atoms with E-state index >= 15 is 0 Å². The maximum absolute atomic E-state index is 9.70. The minimum Gasteiger partial charge on any atom is -0.339 e. The fraction of sp³-hybridized carbons (Fsp3) is 0.500. The topological polar surface area (TPSA) is 17.1 Å². The summed E-state index contributed by atoms with van der Waals surface area (Å²) in [6.07, 6.45) is 0.556. The summed E-state index contributed by atoms with van der Waals surface area (Å²) >= 11 is 0. The van der Waals surface area contributed by atoms with Crippen LogP contribution in [0, 0.1) is 6.92 Å². The largest absolute Gasteiger partial charge is 1.00 e. The van der Waals surface area contributed by atoms with Crippen molar-refractivity contribution in [2.75, 3.05) is 0 Å². The van der Waals surface area contributed by atoms with Crippen LogP contribution in [0.1, 0.15) is 13.3 Å². The molecule has 0 aliphatic heterocycles. The molecule has 0 aromatic heterocycles. The molecule has 0 spiro atoms. The first-order chi connectivity index (χ1) is 2.27. The summed E-state index contributed by atoms with van der Waals surface area (Å²) in [4.78, 5) is 9.70. The minimum atomic E-state index is 0. The Hall–Kier alpha value is 1.18. The second-order valence-corrected chi connectivity index (χ2v) is 0.892. The average Bonchev–Trinajstić information content (AvgIpc) is 1.38. The first-order valence-electron chi connectivity index (χ1n) is 1.62. The number of carbonyl (C=O) groups is 1. The van der Waals surface area contributed by atoms with Gasteiger partial charge in [-0.05, 0) is 12.2 Å². The van der Waals surface area contributed by atoms with E-state index in [1.807, 2.05) is 0 Å². The van der Waals surface area contributed by atoms with Crippen LogP contribution in [0.25, 0.3) is 0 Å². The molecule has 0 heterocycles. The van der Waals surface area contributed by atoms with Crippen LogP contribution in [-0.2, 0) is 4.79 Å². The van der Waals surface area contributed by atoms with Crippen molar-refractivity contribution in [2.24, 2.45) is 0 Å². The second-order valence-electron chi connectivity index (χ2n) is 0.892. The third-order valence-electron chi connectivity index (χ3n) is 0.394. The van der Waals surface area contributed by atoms with Gasteiger partial charge in [0, 0.05) is 0 Å². The van der Waals surface area contributed by atoms with Crippen LogP contribution in [0.4, 0.5) is 0 Å². The van der Waals surface area contributed by atoms with E-state index in [2.05, 4.69) is 6.92 Å². The number of rotatable bonds is 1. The van der Waals surface area contributed by atoms with Crippen molar-refractivity contribution in [1.29, 1.82) is 0 Å². The minimum absolute atomic E-state index is 0. The van der Waals surface area contributed by atoms with Gasteiger partial charge in [0.25, 0.3) is 0 Å². The molecule has 0 N–H and O–H groups in total. The third kappa shape index (κ3) is 8.95. The Labute approximate surface area is 80.9 Å². The Morgan fingerprint density at radius 3 is 2.00 bits per heavy atom. The van der Waals surface area contributed by atoms with Crippen molar-refractivity contribution >= 4 is 5.78 Å². The fourth-order valence-corrected chi connectivity index (χ4v) is 0. The first kappa shape index (κ1) is 10.2. The molecule has 0 amide bonds. The number of hydrogen-bond acceptors (Lipinski definition) is 1. The SMILES string of the molecule is [CH2-]C(=O)CC.[K+]. The number of ketones is 1. The Balaban J connectivity index is 0. The maximum Gasteiger partial charge on any atom is 1.00 e. The van der Waals surface area contributed by atoms with E-state index in [9.17, 15) is 4.79 Å². The first-order valence-corrected chi connectivity index (χ1v) is 1.62. The van der Waals surface area contributed by atoms with Gasteiger partial charge in [0.2, 0.25) is 0 Å². The zero-order valence-electron chi connectivity index (χ0n) is 4.32. The maximum atomic E-state index is 9.70. The molecule has 2 heteroatoms. The Bertz CT molecular complexity index is 42.8. The summed E-state index contributed by atoms with van der Waals surface area (Å²) in [7, 11) is 0. The van der Waals surface area contributed by atoms with E-state index in [-0.39, 0.29) is 57.2 Å². The van der Waals surface area contributed by atoms with Gasteiger partial charge in [-0.1, -0.05) is 6.92 Å². The van der Waals surface area contributed by atoms with E-state index < -0.39 is 0 Å². The van der Waals surface area contributed by atoms with E-state index in [1.165, 1.54) is 0 Å². The molecule has 0 saturated heterocycles. The molecule has 0 saturated carbocycles.